The van der Waals surface area contributed by atoms with Crippen LogP contribution in [0, 0.1) is 0 Å². The first-order valence-electron chi connectivity index (χ1n) is 9.85. The van der Waals surface area contributed by atoms with Crippen LogP contribution < -0.4 is 15.7 Å². The molecule has 2 aromatic rings. The van der Waals surface area contributed by atoms with Crippen molar-refractivity contribution in [3.63, 3.8) is 0 Å². The molecule has 2 N–H and O–H groups in total. The van der Waals surface area contributed by atoms with Crippen molar-refractivity contribution in [1.82, 2.24) is 15.2 Å². The average Bonchev–Trinajstić information content (AvgIpc) is 3.12. The minimum absolute atomic E-state index is 0.0576. The summed E-state index contributed by atoms with van der Waals surface area (Å²) in [6.45, 7) is 8.43. The van der Waals surface area contributed by atoms with Crippen molar-refractivity contribution in [3.05, 3.63) is 39.1 Å². The molecule has 2 rings (SSSR count). The summed E-state index contributed by atoms with van der Waals surface area (Å²) in [7, 11) is 1.12. The zero-order valence-electron chi connectivity index (χ0n) is 18.5. The number of ether oxygens (including phenoxy) is 1. The van der Waals surface area contributed by atoms with Gasteiger partial charge in [0.25, 0.3) is 5.91 Å². The van der Waals surface area contributed by atoms with Crippen molar-refractivity contribution in [2.75, 3.05) is 12.5 Å². The molecular weight excluding hydrogens is 447 g/mol. The number of nitrogens with zero attached hydrogens (tertiary/aromatic N) is 3. The fraction of sp³-hybridized carbons (Fsp3) is 0.500. The normalized spacial score (nSPS) is 12.6. The molecule has 0 bridgehead atoms. The second-order valence-electron chi connectivity index (χ2n) is 7.93. The van der Waals surface area contributed by atoms with Crippen LogP contribution in [0.2, 0.25) is 0 Å². The molecule has 176 valence electrons. The molecule has 0 spiro atoms. The number of benzene rings is 1. The van der Waals surface area contributed by atoms with Crippen LogP contribution in [0.25, 0.3) is 0 Å². The van der Waals surface area contributed by atoms with Gasteiger partial charge in [-0.1, -0.05) is 45.5 Å². The Morgan fingerprint density at radius 2 is 1.94 bits per heavy atom. The van der Waals surface area contributed by atoms with Gasteiger partial charge in [-0.05, 0) is 24.6 Å². The number of rotatable bonds is 6. The molecule has 0 atom stereocenters. The fourth-order valence-electron chi connectivity index (χ4n) is 2.47. The number of carbonyl (C=O) groups excluding carboxylic acids is 2. The highest BCUT2D eigenvalue weighted by molar-refractivity contribution is 7.09. The lowest BCUT2D eigenvalue weighted by Gasteiger charge is -2.13. The van der Waals surface area contributed by atoms with Gasteiger partial charge < -0.3 is 4.74 Å². The summed E-state index contributed by atoms with van der Waals surface area (Å²) in [5.41, 5.74) is 2.80. The molecule has 0 aliphatic carbocycles. The Labute approximate surface area is 187 Å². The lowest BCUT2D eigenvalue weighted by Crippen LogP contribution is -2.30. The van der Waals surface area contributed by atoms with Gasteiger partial charge in [0.05, 0.1) is 23.9 Å². The van der Waals surface area contributed by atoms with E-state index in [2.05, 4.69) is 25.7 Å². The lowest BCUT2D eigenvalue weighted by atomic mass is 9.98. The molecule has 2 amide bonds. The average molecular weight is 474 g/mol. The summed E-state index contributed by atoms with van der Waals surface area (Å²) >= 11 is 1.21. The second-order valence-corrected chi connectivity index (χ2v) is 8.89. The maximum atomic E-state index is 13.2. The Morgan fingerprint density at radius 3 is 2.50 bits per heavy atom. The smallest absolute Gasteiger partial charge is 0.425 e. The van der Waals surface area contributed by atoms with Crippen LogP contribution in [0.15, 0.2) is 23.2 Å². The highest BCUT2D eigenvalue weighted by Gasteiger charge is 2.32. The minimum Gasteiger partial charge on any atom is -0.452 e. The number of hydrogen-bond acceptors (Lipinski definition) is 6. The summed E-state index contributed by atoms with van der Waals surface area (Å²) in [4.78, 5) is 28.7. The standard InChI is InChI=1S/C20H26F3N5O3S/c1-6-7-10-28-17(32-16(27-28)19(2,3)4)24-15(29)13-11-12(20(21,22)23)8-9-14(13)25-26-18(30)31-5/h8-9,11,25H,6-7,10H2,1-5H3,(H,26,30). The molecule has 0 saturated carbocycles. The van der Waals surface area contributed by atoms with E-state index in [1.807, 2.05) is 27.7 Å². The number of unbranched alkanes of at least 4 members (excludes halogenated alkanes) is 1. The number of carbonyl (C=O) groups is 2. The number of amides is 2. The van der Waals surface area contributed by atoms with E-state index in [1.165, 1.54) is 11.3 Å². The topological polar surface area (TPSA) is 97.6 Å². The van der Waals surface area contributed by atoms with E-state index in [9.17, 15) is 22.8 Å². The number of aromatic nitrogens is 2. The Kier molecular flexibility index (Phi) is 8.05. The summed E-state index contributed by atoms with van der Waals surface area (Å²) in [5.74, 6) is -0.903. The third-order valence-corrected chi connectivity index (χ3v) is 5.62. The first-order chi connectivity index (χ1) is 14.9. The van der Waals surface area contributed by atoms with Crippen LogP contribution in [-0.2, 0) is 22.9 Å². The van der Waals surface area contributed by atoms with Gasteiger partial charge in [0.2, 0.25) is 4.80 Å². The number of halogens is 3. The summed E-state index contributed by atoms with van der Waals surface area (Å²) in [5, 5.41) is 5.28. The highest BCUT2D eigenvalue weighted by atomic mass is 32.1. The van der Waals surface area contributed by atoms with Crippen molar-refractivity contribution in [2.45, 2.75) is 58.7 Å². The largest absolute Gasteiger partial charge is 0.452 e. The molecule has 1 aromatic carbocycles. The van der Waals surface area contributed by atoms with E-state index in [-0.39, 0.29) is 21.5 Å². The Balaban J connectivity index is 2.55. The summed E-state index contributed by atoms with van der Waals surface area (Å²) < 4.78 is 45.7. The van der Waals surface area contributed by atoms with Gasteiger partial charge in [-0.2, -0.15) is 23.3 Å². The van der Waals surface area contributed by atoms with E-state index in [4.69, 9.17) is 0 Å². The second kappa shape index (κ2) is 10.2. The number of alkyl halides is 3. The Morgan fingerprint density at radius 1 is 1.25 bits per heavy atom. The molecule has 1 heterocycles. The fourth-order valence-corrected chi connectivity index (χ4v) is 3.46. The van der Waals surface area contributed by atoms with Crippen molar-refractivity contribution in [2.24, 2.45) is 4.99 Å². The van der Waals surface area contributed by atoms with Crippen molar-refractivity contribution in [3.8, 4) is 0 Å². The zero-order valence-corrected chi connectivity index (χ0v) is 19.3. The van der Waals surface area contributed by atoms with Crippen LogP contribution in [0.3, 0.4) is 0 Å². The van der Waals surface area contributed by atoms with E-state index in [0.29, 0.717) is 12.6 Å². The van der Waals surface area contributed by atoms with Crippen LogP contribution in [0.4, 0.5) is 23.7 Å². The molecule has 0 aliphatic heterocycles. The highest BCUT2D eigenvalue weighted by Crippen LogP contribution is 2.32. The number of methoxy groups -OCH3 is 1. The third kappa shape index (κ3) is 6.55. The first kappa shape index (κ1) is 25.4. The van der Waals surface area contributed by atoms with Gasteiger partial charge >= 0.3 is 12.3 Å². The summed E-state index contributed by atoms with van der Waals surface area (Å²) in [6.07, 6.45) is -3.85. The molecule has 1 aromatic heterocycles. The summed E-state index contributed by atoms with van der Waals surface area (Å²) in [6, 6.07) is 2.53. The van der Waals surface area contributed by atoms with Crippen molar-refractivity contribution in [1.29, 1.82) is 0 Å². The van der Waals surface area contributed by atoms with Gasteiger partial charge in [-0.15, -0.1) is 0 Å². The van der Waals surface area contributed by atoms with Gasteiger partial charge in [-0.3, -0.25) is 10.2 Å². The van der Waals surface area contributed by atoms with Gasteiger partial charge in [0.1, 0.15) is 5.01 Å². The van der Waals surface area contributed by atoms with Crippen LogP contribution in [0.1, 0.15) is 61.5 Å². The van der Waals surface area contributed by atoms with E-state index in [0.717, 1.165) is 37.1 Å². The monoisotopic (exact) mass is 473 g/mol. The van der Waals surface area contributed by atoms with Crippen LogP contribution in [-0.4, -0.2) is 28.9 Å². The maximum absolute atomic E-state index is 13.2. The lowest BCUT2D eigenvalue weighted by molar-refractivity contribution is -0.137. The van der Waals surface area contributed by atoms with E-state index in [1.54, 1.807) is 4.68 Å². The Hall–Kier alpha value is -2.89. The maximum Gasteiger partial charge on any atom is 0.425 e. The SMILES string of the molecule is CCCCn1nc(C(C)(C)C)sc1=NC(=O)c1cc(C(F)(F)F)ccc1NNC(=O)OC. The number of hydrogen-bond donors (Lipinski definition) is 2. The van der Waals surface area contributed by atoms with E-state index < -0.39 is 23.7 Å². The number of nitrogens with one attached hydrogen (secondary N) is 2. The quantitative estimate of drug-likeness (QED) is 0.603. The van der Waals surface area contributed by atoms with Gasteiger partial charge in [0, 0.05) is 12.0 Å². The number of anilines is 1. The van der Waals surface area contributed by atoms with Gasteiger partial charge in [-0.25, -0.2) is 14.9 Å². The molecule has 0 aliphatic rings. The molecule has 12 heteroatoms. The Bertz CT molecular complexity index is 1040. The van der Waals surface area contributed by atoms with Crippen molar-refractivity contribution < 1.29 is 27.5 Å². The van der Waals surface area contributed by atoms with Crippen molar-refractivity contribution >= 4 is 29.0 Å². The van der Waals surface area contributed by atoms with Crippen LogP contribution in [0.5, 0.6) is 0 Å². The molecular formula is C20H26F3N5O3S. The predicted molar refractivity (Wildman–Crippen MR) is 114 cm³/mol. The molecule has 0 saturated heterocycles. The molecule has 0 radical (unpaired) electrons. The third-order valence-electron chi connectivity index (χ3n) is 4.24. The number of aryl methyl sites for hydroxylation is 1. The van der Waals surface area contributed by atoms with E-state index >= 15 is 0 Å². The molecule has 0 fully saturated rings. The number of hydrazine groups is 1. The molecule has 0 unspecified atom stereocenters. The molecule has 32 heavy (non-hydrogen) atoms. The minimum atomic E-state index is -4.66. The molecule has 8 nitrogen and oxygen atoms in total. The predicted octanol–water partition coefficient (Wildman–Crippen LogP) is 4.49. The zero-order chi connectivity index (χ0) is 24.1. The first-order valence-corrected chi connectivity index (χ1v) is 10.7. The van der Waals surface area contributed by atoms with Crippen LogP contribution >= 0.6 is 11.3 Å². The van der Waals surface area contributed by atoms with Gasteiger partial charge in [0.15, 0.2) is 0 Å².